The van der Waals surface area contributed by atoms with Gasteiger partial charge in [0.05, 0.1) is 8.07 Å². The predicted molar refractivity (Wildman–Crippen MR) is 75.8 cm³/mol. The van der Waals surface area contributed by atoms with Crippen molar-refractivity contribution < 1.29 is 0 Å². The molecule has 1 aromatic carbocycles. The fraction of sp³-hybridized carbons (Fsp3) is 0.333. The zero-order valence-corrected chi connectivity index (χ0v) is 11.7. The summed E-state index contributed by atoms with van der Waals surface area (Å²) in [6.07, 6.45) is 5.59. The molecule has 0 amide bonds. The van der Waals surface area contributed by atoms with Gasteiger partial charge < -0.3 is 0 Å². The van der Waals surface area contributed by atoms with Crippen molar-refractivity contribution in [3.05, 3.63) is 47.6 Å². The molecular formula is C15H20Si. The van der Waals surface area contributed by atoms with Gasteiger partial charge in [0.15, 0.2) is 0 Å². The summed E-state index contributed by atoms with van der Waals surface area (Å²) < 4.78 is 0. The van der Waals surface area contributed by atoms with Gasteiger partial charge in [-0.25, -0.2) is 0 Å². The molecule has 1 heteroatoms. The van der Waals surface area contributed by atoms with E-state index in [9.17, 15) is 0 Å². The minimum atomic E-state index is -1.18. The minimum absolute atomic E-state index is 1.10. The zero-order valence-electron chi connectivity index (χ0n) is 10.7. The van der Waals surface area contributed by atoms with Crippen LogP contribution in [0.1, 0.15) is 18.9 Å². The molecule has 0 nitrogen and oxygen atoms in total. The van der Waals surface area contributed by atoms with Gasteiger partial charge in [-0.2, -0.15) is 0 Å². The van der Waals surface area contributed by atoms with Gasteiger partial charge in [-0.15, -0.1) is 0 Å². The van der Waals surface area contributed by atoms with Crippen molar-refractivity contribution in [1.82, 2.24) is 0 Å². The van der Waals surface area contributed by atoms with E-state index in [0.29, 0.717) is 0 Å². The minimum Gasteiger partial charge on any atom is -0.0798 e. The maximum atomic E-state index is 2.40. The maximum Gasteiger partial charge on any atom is 0.0776 e. The molecule has 0 spiro atoms. The van der Waals surface area contributed by atoms with Crippen LogP contribution in [0.15, 0.2) is 42.0 Å². The number of hydrogen-bond donors (Lipinski definition) is 0. The largest absolute Gasteiger partial charge is 0.0798 e. The molecule has 0 atom stereocenters. The molecule has 0 heterocycles. The first-order valence-corrected chi connectivity index (χ1v) is 9.46. The quantitative estimate of drug-likeness (QED) is 0.672. The van der Waals surface area contributed by atoms with E-state index >= 15 is 0 Å². The van der Waals surface area contributed by atoms with Crippen molar-refractivity contribution in [3.8, 4) is 0 Å². The molecule has 1 aliphatic carbocycles. The summed E-state index contributed by atoms with van der Waals surface area (Å²) in [4.78, 5) is 0. The normalized spacial score (nSPS) is 16.0. The summed E-state index contributed by atoms with van der Waals surface area (Å²) in [7, 11) is -1.18. The Balaban J connectivity index is 2.41. The van der Waals surface area contributed by atoms with Gasteiger partial charge in [-0.3, -0.25) is 0 Å². The van der Waals surface area contributed by atoms with Crippen molar-refractivity contribution in [2.45, 2.75) is 33.0 Å². The molecule has 16 heavy (non-hydrogen) atoms. The van der Waals surface area contributed by atoms with E-state index in [1.165, 1.54) is 16.7 Å². The summed E-state index contributed by atoms with van der Waals surface area (Å²) in [6.45, 7) is 9.42. The summed E-state index contributed by atoms with van der Waals surface area (Å²) in [6, 6.07) is 9.14. The average Bonchev–Trinajstić information content (AvgIpc) is 2.63. The van der Waals surface area contributed by atoms with Gasteiger partial charge in [0.1, 0.15) is 0 Å². The van der Waals surface area contributed by atoms with Gasteiger partial charge in [0.2, 0.25) is 0 Å². The van der Waals surface area contributed by atoms with Crippen LogP contribution >= 0.6 is 0 Å². The summed E-state index contributed by atoms with van der Waals surface area (Å²) in [5.41, 5.74) is 4.34. The van der Waals surface area contributed by atoms with E-state index in [1.807, 2.05) is 0 Å². The fourth-order valence-corrected chi connectivity index (χ4v) is 3.32. The standard InChI is InChI=1S/C15H20Si/c1-12-7-5-10-15(12)13-8-6-9-14(11-13)16(2,3)4/h5-9,11H,10H2,1-4H3. The molecule has 1 aliphatic rings. The second-order valence-electron chi connectivity index (χ2n) is 5.60. The SMILES string of the molecule is CC1=C(c2cccc([Si](C)(C)C)c2)CC=C1. The summed E-state index contributed by atoms with van der Waals surface area (Å²) in [5, 5.41) is 1.55. The Labute approximate surface area is 99.7 Å². The second kappa shape index (κ2) is 4.06. The van der Waals surface area contributed by atoms with Gasteiger partial charge >= 0.3 is 0 Å². The molecular weight excluding hydrogens is 208 g/mol. The lowest BCUT2D eigenvalue weighted by atomic mass is 10.0. The highest BCUT2D eigenvalue weighted by Gasteiger charge is 2.17. The molecule has 0 fully saturated rings. The first-order valence-electron chi connectivity index (χ1n) is 5.96. The van der Waals surface area contributed by atoms with Crippen LogP contribution < -0.4 is 5.19 Å². The van der Waals surface area contributed by atoms with Crippen LogP contribution in [0.2, 0.25) is 19.6 Å². The maximum absolute atomic E-state index is 2.40. The van der Waals surface area contributed by atoms with E-state index in [4.69, 9.17) is 0 Å². The first-order chi connectivity index (χ1) is 7.48. The third-order valence-corrected chi connectivity index (χ3v) is 5.29. The van der Waals surface area contributed by atoms with Crippen molar-refractivity contribution in [1.29, 1.82) is 0 Å². The van der Waals surface area contributed by atoms with Crippen molar-refractivity contribution >= 4 is 18.8 Å². The topological polar surface area (TPSA) is 0 Å². The van der Waals surface area contributed by atoms with Crippen LogP contribution in [0.4, 0.5) is 0 Å². The number of benzene rings is 1. The Morgan fingerprint density at radius 1 is 1.12 bits per heavy atom. The van der Waals surface area contributed by atoms with E-state index in [2.05, 4.69) is 63.0 Å². The number of allylic oxidation sites excluding steroid dienone is 4. The van der Waals surface area contributed by atoms with E-state index < -0.39 is 8.07 Å². The average molecular weight is 228 g/mol. The predicted octanol–water partition coefficient (Wildman–Crippen LogP) is 3.97. The second-order valence-corrected chi connectivity index (χ2v) is 10.7. The monoisotopic (exact) mass is 228 g/mol. The Morgan fingerprint density at radius 3 is 2.44 bits per heavy atom. The summed E-state index contributed by atoms with van der Waals surface area (Å²) in [5.74, 6) is 0. The lowest BCUT2D eigenvalue weighted by Crippen LogP contribution is -2.37. The molecule has 0 aromatic heterocycles. The highest BCUT2D eigenvalue weighted by molar-refractivity contribution is 6.88. The third kappa shape index (κ3) is 2.19. The molecule has 0 saturated heterocycles. The highest BCUT2D eigenvalue weighted by atomic mass is 28.3. The lowest BCUT2D eigenvalue weighted by molar-refractivity contribution is 1.41. The number of hydrogen-bond acceptors (Lipinski definition) is 0. The van der Waals surface area contributed by atoms with Gasteiger partial charge in [0.25, 0.3) is 0 Å². The molecule has 0 aliphatic heterocycles. The Hall–Kier alpha value is -1.08. The van der Waals surface area contributed by atoms with Gasteiger partial charge in [-0.1, -0.05) is 61.2 Å². The smallest absolute Gasteiger partial charge is 0.0776 e. The molecule has 0 radical (unpaired) electrons. The van der Waals surface area contributed by atoms with E-state index in [0.717, 1.165) is 6.42 Å². The fourth-order valence-electron chi connectivity index (χ4n) is 2.13. The Morgan fingerprint density at radius 2 is 1.88 bits per heavy atom. The van der Waals surface area contributed by atoms with Crippen molar-refractivity contribution in [2.24, 2.45) is 0 Å². The molecule has 84 valence electrons. The lowest BCUT2D eigenvalue weighted by Gasteiger charge is -2.18. The van der Waals surface area contributed by atoms with Crippen molar-refractivity contribution in [2.75, 3.05) is 0 Å². The molecule has 0 saturated carbocycles. The van der Waals surface area contributed by atoms with Crippen LogP contribution in [0, 0.1) is 0 Å². The van der Waals surface area contributed by atoms with Gasteiger partial charge in [0, 0.05) is 0 Å². The Bertz CT molecular complexity index is 459. The van der Waals surface area contributed by atoms with Crippen LogP contribution in [0.5, 0.6) is 0 Å². The van der Waals surface area contributed by atoms with Gasteiger partial charge in [-0.05, 0) is 30.1 Å². The first kappa shape index (κ1) is 11.4. The molecule has 0 unspecified atom stereocenters. The molecule has 0 N–H and O–H groups in total. The van der Waals surface area contributed by atoms with E-state index in [-0.39, 0.29) is 0 Å². The Kier molecular flexibility index (Phi) is 2.89. The van der Waals surface area contributed by atoms with Crippen LogP contribution in [0.25, 0.3) is 5.57 Å². The zero-order chi connectivity index (χ0) is 11.8. The molecule has 2 rings (SSSR count). The highest BCUT2D eigenvalue weighted by Crippen LogP contribution is 2.28. The van der Waals surface area contributed by atoms with E-state index in [1.54, 1.807) is 5.19 Å². The van der Waals surface area contributed by atoms with Crippen LogP contribution in [0.3, 0.4) is 0 Å². The van der Waals surface area contributed by atoms with Crippen LogP contribution in [-0.4, -0.2) is 8.07 Å². The van der Waals surface area contributed by atoms with Crippen LogP contribution in [-0.2, 0) is 0 Å². The van der Waals surface area contributed by atoms with Crippen molar-refractivity contribution in [3.63, 3.8) is 0 Å². The molecule has 0 bridgehead atoms. The molecule has 1 aromatic rings. The third-order valence-electron chi connectivity index (χ3n) is 3.24. The summed E-state index contributed by atoms with van der Waals surface area (Å²) >= 11 is 0. The number of rotatable bonds is 2.